The van der Waals surface area contributed by atoms with E-state index in [1.165, 1.54) is 36.5 Å². The number of benzene rings is 3. The smallest absolute Gasteiger partial charge is 0.264 e. The highest BCUT2D eigenvalue weighted by Gasteiger charge is 2.27. The Morgan fingerprint density at radius 2 is 1.56 bits per heavy atom. The first-order chi connectivity index (χ1) is 16.0. The number of hydrazone groups is 1. The molecule has 6 nitrogen and oxygen atoms in total. The van der Waals surface area contributed by atoms with Gasteiger partial charge in [0, 0.05) is 10.0 Å². The van der Waals surface area contributed by atoms with Crippen LogP contribution in [0.1, 0.15) is 27.8 Å². The van der Waals surface area contributed by atoms with Crippen LogP contribution in [0.25, 0.3) is 0 Å². The first-order valence-electron chi connectivity index (χ1n) is 10.4. The summed E-state index contributed by atoms with van der Waals surface area (Å²) in [7, 11) is -4.09. The lowest BCUT2D eigenvalue weighted by Gasteiger charge is -2.24. The van der Waals surface area contributed by atoms with Crippen molar-refractivity contribution >= 4 is 51.0 Å². The predicted octanol–water partition coefficient (Wildman–Crippen LogP) is 5.57. The number of nitrogens with one attached hydrogen (secondary N) is 1. The van der Waals surface area contributed by atoms with Crippen molar-refractivity contribution in [3.63, 3.8) is 0 Å². The van der Waals surface area contributed by atoms with Gasteiger partial charge in [-0.25, -0.2) is 13.8 Å². The molecule has 0 aromatic heterocycles. The van der Waals surface area contributed by atoms with Crippen LogP contribution in [0, 0.1) is 27.7 Å². The molecule has 3 aromatic carbocycles. The van der Waals surface area contributed by atoms with Crippen LogP contribution in [0.4, 0.5) is 5.69 Å². The number of hydrogen-bond acceptors (Lipinski definition) is 4. The number of amides is 1. The van der Waals surface area contributed by atoms with Crippen molar-refractivity contribution in [2.24, 2.45) is 5.10 Å². The van der Waals surface area contributed by atoms with Crippen molar-refractivity contribution in [2.75, 3.05) is 10.8 Å². The first-order valence-corrected chi connectivity index (χ1v) is 12.6. The Balaban J connectivity index is 1.89. The summed E-state index contributed by atoms with van der Waals surface area (Å²) in [6.45, 7) is 7.36. The molecule has 0 saturated carbocycles. The molecule has 0 spiro atoms. The zero-order valence-electron chi connectivity index (χ0n) is 19.3. The van der Waals surface area contributed by atoms with Crippen molar-refractivity contribution < 1.29 is 13.2 Å². The lowest BCUT2D eigenvalue weighted by molar-refractivity contribution is -0.119. The highest BCUT2D eigenvalue weighted by molar-refractivity contribution is 7.92. The van der Waals surface area contributed by atoms with E-state index in [0.29, 0.717) is 0 Å². The highest BCUT2D eigenvalue weighted by Crippen LogP contribution is 2.29. The van der Waals surface area contributed by atoms with Crippen LogP contribution in [-0.4, -0.2) is 27.1 Å². The quantitative estimate of drug-likeness (QED) is 0.328. The zero-order chi connectivity index (χ0) is 25.0. The van der Waals surface area contributed by atoms with E-state index in [1.807, 2.05) is 39.8 Å². The minimum Gasteiger partial charge on any atom is -0.271 e. The number of carbonyl (C=O) groups excluding carboxylic acids is 1. The second kappa shape index (κ2) is 10.6. The number of rotatable bonds is 7. The minimum atomic E-state index is -4.09. The minimum absolute atomic E-state index is 0.0382. The number of carbonyl (C=O) groups is 1. The summed E-state index contributed by atoms with van der Waals surface area (Å²) in [5.41, 5.74) is 7.70. The van der Waals surface area contributed by atoms with Gasteiger partial charge in [0.2, 0.25) is 0 Å². The summed E-state index contributed by atoms with van der Waals surface area (Å²) in [6, 6.07) is 14.6. The Morgan fingerprint density at radius 3 is 2.18 bits per heavy atom. The molecule has 9 heteroatoms. The fraction of sp³-hybridized carbons (Fsp3) is 0.200. The van der Waals surface area contributed by atoms with E-state index < -0.39 is 22.5 Å². The maximum atomic E-state index is 13.4. The summed E-state index contributed by atoms with van der Waals surface area (Å²) in [5, 5.41) is 4.51. The fourth-order valence-corrected chi connectivity index (χ4v) is 5.21. The fourth-order valence-electron chi connectivity index (χ4n) is 3.29. The van der Waals surface area contributed by atoms with E-state index in [0.717, 1.165) is 32.1 Å². The van der Waals surface area contributed by atoms with E-state index in [9.17, 15) is 13.2 Å². The van der Waals surface area contributed by atoms with Crippen LogP contribution in [0.2, 0.25) is 10.0 Å². The van der Waals surface area contributed by atoms with Crippen LogP contribution < -0.4 is 9.73 Å². The van der Waals surface area contributed by atoms with Gasteiger partial charge in [-0.05, 0) is 80.3 Å². The van der Waals surface area contributed by atoms with Gasteiger partial charge >= 0.3 is 0 Å². The number of aryl methyl sites for hydroxylation is 2. The average Bonchev–Trinajstić information content (AvgIpc) is 2.77. The van der Waals surface area contributed by atoms with Gasteiger partial charge in [0.15, 0.2) is 0 Å². The average molecular weight is 518 g/mol. The Hall–Kier alpha value is -2.87. The third-order valence-electron chi connectivity index (χ3n) is 5.52. The van der Waals surface area contributed by atoms with E-state index in [4.69, 9.17) is 23.2 Å². The van der Waals surface area contributed by atoms with Crippen molar-refractivity contribution in [3.8, 4) is 0 Å². The normalized spacial score (nSPS) is 11.6. The van der Waals surface area contributed by atoms with Crippen molar-refractivity contribution in [3.05, 3.63) is 92.5 Å². The molecule has 1 amide bonds. The second-order valence-corrected chi connectivity index (χ2v) is 10.7. The predicted molar refractivity (Wildman–Crippen MR) is 139 cm³/mol. The van der Waals surface area contributed by atoms with Crippen LogP contribution >= 0.6 is 23.2 Å². The van der Waals surface area contributed by atoms with Crippen LogP contribution in [-0.2, 0) is 14.8 Å². The Bertz CT molecular complexity index is 1330. The number of nitrogens with zero attached hydrogens (tertiary/aromatic N) is 2. The first kappa shape index (κ1) is 25.7. The van der Waals surface area contributed by atoms with Crippen LogP contribution in [0.3, 0.4) is 0 Å². The van der Waals surface area contributed by atoms with E-state index >= 15 is 0 Å². The van der Waals surface area contributed by atoms with Crippen molar-refractivity contribution in [1.29, 1.82) is 0 Å². The Kier molecular flexibility index (Phi) is 8.02. The van der Waals surface area contributed by atoms with Gasteiger partial charge < -0.3 is 0 Å². The summed E-state index contributed by atoms with van der Waals surface area (Å²) < 4.78 is 27.8. The van der Waals surface area contributed by atoms with Crippen LogP contribution in [0.5, 0.6) is 0 Å². The molecular weight excluding hydrogens is 493 g/mol. The standard InChI is InChI=1S/C25H25Cl2N3O3S/c1-16-5-9-24(10-6-16)34(32,33)30(23-12-21(26)11-22(27)13-23)15-25(31)29-28-14-20-8-7-17(2)18(3)19(20)4/h5-14H,15H2,1-4H3,(H,29,31)/b28-14-. The molecule has 0 saturated heterocycles. The molecule has 0 heterocycles. The number of hydrogen-bond donors (Lipinski definition) is 1. The Morgan fingerprint density at radius 1 is 0.941 bits per heavy atom. The molecule has 0 aliphatic heterocycles. The molecule has 3 rings (SSSR count). The molecule has 1 N–H and O–H groups in total. The molecule has 178 valence electrons. The van der Waals surface area contributed by atoms with Crippen molar-refractivity contribution in [1.82, 2.24) is 5.43 Å². The number of halogens is 2. The Labute approximate surface area is 210 Å². The third kappa shape index (κ3) is 5.97. The maximum Gasteiger partial charge on any atom is 0.264 e. The SMILES string of the molecule is Cc1ccc(S(=O)(=O)N(CC(=O)N/N=C\c2ccc(C)c(C)c2C)c2cc(Cl)cc(Cl)c2)cc1. The molecule has 0 aliphatic rings. The van der Waals surface area contributed by atoms with Gasteiger partial charge in [0.1, 0.15) is 6.54 Å². The third-order valence-corrected chi connectivity index (χ3v) is 7.75. The van der Waals surface area contributed by atoms with E-state index in [-0.39, 0.29) is 20.6 Å². The maximum absolute atomic E-state index is 13.4. The van der Waals surface area contributed by atoms with Gasteiger partial charge in [-0.1, -0.05) is 53.0 Å². The van der Waals surface area contributed by atoms with E-state index in [2.05, 4.69) is 10.5 Å². The largest absolute Gasteiger partial charge is 0.271 e. The molecule has 3 aromatic rings. The number of sulfonamides is 1. The monoisotopic (exact) mass is 517 g/mol. The van der Waals surface area contributed by atoms with E-state index in [1.54, 1.807) is 12.1 Å². The summed E-state index contributed by atoms with van der Waals surface area (Å²) >= 11 is 12.2. The lowest BCUT2D eigenvalue weighted by atomic mass is 10.00. The van der Waals surface area contributed by atoms with Gasteiger partial charge in [0.05, 0.1) is 16.8 Å². The van der Waals surface area contributed by atoms with Gasteiger partial charge in [-0.2, -0.15) is 5.10 Å². The summed E-state index contributed by atoms with van der Waals surface area (Å²) in [5.74, 6) is -0.621. The molecule has 0 unspecified atom stereocenters. The summed E-state index contributed by atoms with van der Waals surface area (Å²) in [6.07, 6.45) is 1.54. The molecule has 0 aliphatic carbocycles. The summed E-state index contributed by atoms with van der Waals surface area (Å²) in [4.78, 5) is 12.8. The molecule has 0 bridgehead atoms. The van der Waals surface area contributed by atoms with Gasteiger partial charge in [-0.15, -0.1) is 0 Å². The molecule has 0 atom stereocenters. The zero-order valence-corrected chi connectivity index (χ0v) is 21.6. The molecule has 0 radical (unpaired) electrons. The van der Waals surface area contributed by atoms with Crippen LogP contribution in [0.15, 0.2) is 64.6 Å². The lowest BCUT2D eigenvalue weighted by Crippen LogP contribution is -2.39. The molecular formula is C25H25Cl2N3O3S. The van der Waals surface area contributed by atoms with Crippen molar-refractivity contribution in [2.45, 2.75) is 32.6 Å². The molecule has 34 heavy (non-hydrogen) atoms. The number of anilines is 1. The highest BCUT2D eigenvalue weighted by atomic mass is 35.5. The van der Waals surface area contributed by atoms with Gasteiger partial charge in [0.25, 0.3) is 15.9 Å². The van der Waals surface area contributed by atoms with Gasteiger partial charge in [-0.3, -0.25) is 9.10 Å². The second-order valence-electron chi connectivity index (χ2n) is 7.97. The topological polar surface area (TPSA) is 78.8 Å². The molecule has 0 fully saturated rings.